The molecular formula is C22H24F3NO2. The number of benzene rings is 1. The minimum absolute atomic E-state index is 0.392. The van der Waals surface area contributed by atoms with Crippen LogP contribution in [0.2, 0.25) is 0 Å². The van der Waals surface area contributed by atoms with Crippen molar-refractivity contribution in [1.29, 1.82) is 0 Å². The fourth-order valence-electron chi connectivity index (χ4n) is 4.85. The summed E-state index contributed by atoms with van der Waals surface area (Å²) in [4.78, 5) is 14.1. The van der Waals surface area contributed by atoms with Gasteiger partial charge in [0.25, 0.3) is 0 Å². The molecule has 3 aliphatic rings. The summed E-state index contributed by atoms with van der Waals surface area (Å²) in [6.45, 7) is 4.88. The number of halogens is 3. The predicted molar refractivity (Wildman–Crippen MR) is 101 cm³/mol. The number of rotatable bonds is 4. The lowest BCUT2D eigenvalue weighted by Gasteiger charge is -2.40. The van der Waals surface area contributed by atoms with Gasteiger partial charge < -0.3 is 9.64 Å². The van der Waals surface area contributed by atoms with Crippen LogP contribution in [0.1, 0.15) is 51.5 Å². The molecule has 0 radical (unpaired) electrons. The molecule has 1 aromatic carbocycles. The van der Waals surface area contributed by atoms with E-state index in [1.54, 1.807) is 0 Å². The Morgan fingerprint density at radius 3 is 2.71 bits per heavy atom. The van der Waals surface area contributed by atoms with Gasteiger partial charge in [0.05, 0.1) is 0 Å². The molecule has 0 saturated carbocycles. The van der Waals surface area contributed by atoms with Crippen molar-refractivity contribution >= 4 is 11.7 Å². The summed E-state index contributed by atoms with van der Waals surface area (Å²) in [5, 5.41) is 0. The number of hydrogen-bond donors (Lipinski definition) is 0. The van der Waals surface area contributed by atoms with E-state index in [4.69, 9.17) is 4.74 Å². The molecule has 6 heteroatoms. The molecule has 4 rings (SSSR count). The summed E-state index contributed by atoms with van der Waals surface area (Å²) in [7, 11) is 0. The largest absolute Gasteiger partial charge is 0.454 e. The Labute approximate surface area is 162 Å². The van der Waals surface area contributed by atoms with E-state index in [-0.39, 0.29) is 0 Å². The number of alkyl halides is 3. The fraction of sp³-hybridized carbons (Fsp3) is 0.500. The normalized spacial score (nSPS) is 26.5. The van der Waals surface area contributed by atoms with E-state index in [1.165, 1.54) is 0 Å². The highest BCUT2D eigenvalue weighted by atomic mass is 19.4. The maximum absolute atomic E-state index is 13.4. The van der Waals surface area contributed by atoms with Crippen molar-refractivity contribution in [2.24, 2.45) is 0 Å². The van der Waals surface area contributed by atoms with Gasteiger partial charge in [0.15, 0.2) is 0 Å². The second-order valence-electron chi connectivity index (χ2n) is 8.00. The lowest BCUT2D eigenvalue weighted by Crippen LogP contribution is -2.43. The van der Waals surface area contributed by atoms with Gasteiger partial charge in [-0.3, -0.25) is 0 Å². The summed E-state index contributed by atoms with van der Waals surface area (Å²) < 4.78 is 45.4. The Hall–Kier alpha value is -2.24. The second kappa shape index (κ2) is 6.68. The molecule has 0 spiro atoms. The van der Waals surface area contributed by atoms with E-state index in [2.05, 4.69) is 24.8 Å². The van der Waals surface area contributed by atoms with Crippen molar-refractivity contribution in [2.45, 2.75) is 63.6 Å². The van der Waals surface area contributed by atoms with Gasteiger partial charge in [-0.2, -0.15) is 13.2 Å². The van der Waals surface area contributed by atoms with Crippen LogP contribution in [0.3, 0.4) is 0 Å². The first-order chi connectivity index (χ1) is 13.3. The molecule has 0 bridgehead atoms. The molecule has 3 aliphatic heterocycles. The Balaban J connectivity index is 1.91. The molecule has 0 amide bonds. The first-order valence-electron chi connectivity index (χ1n) is 9.89. The van der Waals surface area contributed by atoms with Crippen LogP contribution in [0.5, 0.6) is 0 Å². The molecule has 28 heavy (non-hydrogen) atoms. The first kappa shape index (κ1) is 19.1. The molecule has 0 N–H and O–H groups in total. The smallest absolute Gasteiger partial charge is 0.423 e. The maximum atomic E-state index is 13.4. The SMILES string of the molecule is CCCCCC1(C)C2=C3C=C(C(F)(F)F)C(=O)OC3CCN2c2ccccc21. The average molecular weight is 391 g/mol. The number of carbonyl (C=O) groups is 1. The lowest BCUT2D eigenvalue weighted by molar-refractivity contribution is -0.155. The standard InChI is InChI=1S/C22H24F3NO2/c1-3-4-7-11-21(2)15-8-5-6-9-17(15)26-12-10-18-14(19(21)26)13-16(20(27)28-18)22(23,24)25/h5-6,8-9,13,18H,3-4,7,10-12H2,1-2H3. The first-order valence-corrected chi connectivity index (χ1v) is 9.89. The Bertz CT molecular complexity index is 871. The average Bonchev–Trinajstić information content (AvgIpc) is 2.90. The number of hydrogen-bond acceptors (Lipinski definition) is 3. The number of para-hydroxylation sites is 1. The highest BCUT2D eigenvalue weighted by Crippen LogP contribution is 2.54. The van der Waals surface area contributed by atoms with Gasteiger partial charge in [0.1, 0.15) is 11.7 Å². The van der Waals surface area contributed by atoms with Crippen LogP contribution in [0.25, 0.3) is 0 Å². The number of carbonyl (C=O) groups excluding carboxylic acids is 1. The highest BCUT2D eigenvalue weighted by molar-refractivity contribution is 5.93. The Morgan fingerprint density at radius 2 is 2.00 bits per heavy atom. The Kier molecular flexibility index (Phi) is 4.55. The van der Waals surface area contributed by atoms with Gasteiger partial charge in [0, 0.05) is 35.3 Å². The quantitative estimate of drug-likeness (QED) is 0.507. The lowest BCUT2D eigenvalue weighted by atomic mass is 9.74. The number of esters is 1. The third kappa shape index (κ3) is 2.85. The van der Waals surface area contributed by atoms with E-state index in [1.807, 2.05) is 18.2 Å². The van der Waals surface area contributed by atoms with Crippen LogP contribution in [0.15, 0.2) is 47.2 Å². The summed E-state index contributed by atoms with van der Waals surface area (Å²) in [5.74, 6) is -1.27. The molecule has 3 heterocycles. The van der Waals surface area contributed by atoms with Gasteiger partial charge in [-0.05, 0) is 31.1 Å². The molecule has 0 saturated heterocycles. The van der Waals surface area contributed by atoms with Crippen LogP contribution in [-0.4, -0.2) is 24.8 Å². The molecule has 0 aliphatic carbocycles. The highest BCUT2D eigenvalue weighted by Gasteiger charge is 2.51. The van der Waals surface area contributed by atoms with Crippen LogP contribution in [0, 0.1) is 0 Å². The van der Waals surface area contributed by atoms with Gasteiger partial charge in [0.2, 0.25) is 0 Å². The van der Waals surface area contributed by atoms with Crippen LogP contribution in [-0.2, 0) is 14.9 Å². The third-order valence-electron chi connectivity index (χ3n) is 6.17. The van der Waals surface area contributed by atoms with Crippen LogP contribution in [0.4, 0.5) is 18.9 Å². The maximum Gasteiger partial charge on any atom is 0.423 e. The number of anilines is 1. The van der Waals surface area contributed by atoms with E-state index in [0.29, 0.717) is 18.5 Å². The van der Waals surface area contributed by atoms with E-state index in [0.717, 1.165) is 48.7 Å². The zero-order valence-corrected chi connectivity index (χ0v) is 16.1. The van der Waals surface area contributed by atoms with Gasteiger partial charge in [-0.1, -0.05) is 44.4 Å². The summed E-state index contributed by atoms with van der Waals surface area (Å²) in [5.41, 5.74) is 1.98. The topological polar surface area (TPSA) is 29.5 Å². The molecule has 0 fully saturated rings. The van der Waals surface area contributed by atoms with Crippen molar-refractivity contribution in [2.75, 3.05) is 11.4 Å². The number of nitrogens with zero attached hydrogens (tertiary/aromatic N) is 1. The zero-order valence-electron chi connectivity index (χ0n) is 16.1. The summed E-state index contributed by atoms with van der Waals surface area (Å²) in [6, 6.07) is 8.05. The molecule has 0 aromatic heterocycles. The second-order valence-corrected chi connectivity index (χ2v) is 8.00. The molecule has 2 atom stereocenters. The summed E-state index contributed by atoms with van der Waals surface area (Å²) in [6.07, 6.45) is 0.198. The minimum atomic E-state index is -4.72. The molecule has 150 valence electrons. The van der Waals surface area contributed by atoms with Crippen LogP contribution < -0.4 is 4.90 Å². The van der Waals surface area contributed by atoms with Crippen molar-refractivity contribution < 1.29 is 22.7 Å². The van der Waals surface area contributed by atoms with Gasteiger partial charge in [-0.15, -0.1) is 0 Å². The zero-order chi connectivity index (χ0) is 20.1. The minimum Gasteiger partial charge on any atom is -0.454 e. The van der Waals surface area contributed by atoms with Crippen molar-refractivity contribution in [3.05, 3.63) is 52.7 Å². The van der Waals surface area contributed by atoms with Gasteiger partial charge >= 0.3 is 12.1 Å². The van der Waals surface area contributed by atoms with E-state index >= 15 is 0 Å². The van der Waals surface area contributed by atoms with Gasteiger partial charge in [-0.25, -0.2) is 4.79 Å². The van der Waals surface area contributed by atoms with Crippen molar-refractivity contribution in [3.63, 3.8) is 0 Å². The van der Waals surface area contributed by atoms with Crippen molar-refractivity contribution in [1.82, 2.24) is 0 Å². The Morgan fingerprint density at radius 1 is 1.25 bits per heavy atom. The number of ether oxygens (including phenoxy) is 1. The molecule has 2 unspecified atom stereocenters. The fourth-order valence-corrected chi connectivity index (χ4v) is 4.85. The van der Waals surface area contributed by atoms with E-state index < -0.39 is 29.2 Å². The van der Waals surface area contributed by atoms with Crippen LogP contribution >= 0.6 is 0 Å². The summed E-state index contributed by atoms with van der Waals surface area (Å²) >= 11 is 0. The number of allylic oxidation sites excluding steroid dienone is 1. The number of unbranched alkanes of at least 4 members (excludes halogenated alkanes) is 2. The monoisotopic (exact) mass is 391 g/mol. The predicted octanol–water partition coefficient (Wildman–Crippen LogP) is 5.42. The van der Waals surface area contributed by atoms with E-state index in [9.17, 15) is 18.0 Å². The third-order valence-corrected chi connectivity index (χ3v) is 6.17. The van der Waals surface area contributed by atoms with Crippen molar-refractivity contribution in [3.8, 4) is 0 Å². The molecular weight excluding hydrogens is 367 g/mol. The molecule has 3 nitrogen and oxygen atoms in total. The number of fused-ring (bicyclic) bond motifs is 4. The molecule has 1 aromatic rings.